The van der Waals surface area contributed by atoms with E-state index in [-0.39, 0.29) is 0 Å². The summed E-state index contributed by atoms with van der Waals surface area (Å²) >= 11 is 3.18. The Balaban J connectivity index is 1.57. The minimum atomic E-state index is -0.690. The second kappa shape index (κ2) is 40.2. The molecule has 2 heterocycles. The molecule has 0 aliphatic heterocycles. The van der Waals surface area contributed by atoms with E-state index < -0.39 is 11.6 Å². The number of hydrogen-bond donors (Lipinski definition) is 0. The van der Waals surface area contributed by atoms with Crippen molar-refractivity contribution in [2.24, 2.45) is 11.8 Å². The minimum absolute atomic E-state index is 0.417. The Hall–Kier alpha value is -1.52. The van der Waals surface area contributed by atoms with Crippen LogP contribution in [0.25, 0.3) is 20.9 Å². The topological polar surface area (TPSA) is 0 Å². The van der Waals surface area contributed by atoms with Crippen molar-refractivity contribution >= 4 is 22.7 Å². The SMILES string of the molecule is CCCCCCCCCCCCC(CCCCCCCCCC)Cc1csc(-c2ccc(-c3cc(CC(CCCCCCCCCC)CCCCCCCCCCCC)cs3)c(F)c2F)c1. The van der Waals surface area contributed by atoms with Gasteiger partial charge in [-0.2, -0.15) is 0 Å². The average molecular weight is 952 g/mol. The maximum Gasteiger partial charge on any atom is 0.168 e. The van der Waals surface area contributed by atoms with Gasteiger partial charge in [0.25, 0.3) is 0 Å². The van der Waals surface area contributed by atoms with Crippen LogP contribution >= 0.6 is 22.7 Å². The summed E-state index contributed by atoms with van der Waals surface area (Å²) in [5.74, 6) is -0.0303. The van der Waals surface area contributed by atoms with Crippen LogP contribution < -0.4 is 0 Å². The van der Waals surface area contributed by atoms with Crippen molar-refractivity contribution in [2.75, 3.05) is 0 Å². The first-order chi connectivity index (χ1) is 32.5. The number of rotatable bonds is 46. The summed E-state index contributed by atoms with van der Waals surface area (Å²) in [6, 6.07) is 8.04. The van der Waals surface area contributed by atoms with Gasteiger partial charge in [-0.15, -0.1) is 22.7 Å². The summed E-state index contributed by atoms with van der Waals surface area (Å²) < 4.78 is 32.2. The molecule has 2 aromatic heterocycles. The maximum atomic E-state index is 16.1. The predicted octanol–water partition coefficient (Wildman–Crippen LogP) is 23.4. The fraction of sp³-hybridized carbons (Fsp3) is 0.774. The van der Waals surface area contributed by atoms with Gasteiger partial charge in [0.1, 0.15) is 0 Å². The van der Waals surface area contributed by atoms with Crippen molar-refractivity contribution in [3.8, 4) is 20.9 Å². The Morgan fingerprint density at radius 1 is 0.333 bits per heavy atom. The normalized spacial score (nSPS) is 12.7. The van der Waals surface area contributed by atoms with Crippen molar-refractivity contribution in [3.63, 3.8) is 0 Å². The molecule has 4 heteroatoms. The van der Waals surface area contributed by atoms with Gasteiger partial charge < -0.3 is 0 Å². The van der Waals surface area contributed by atoms with Gasteiger partial charge in [0.15, 0.2) is 11.6 Å². The Bertz CT molecular complexity index is 1420. The Morgan fingerprint density at radius 2 is 0.561 bits per heavy atom. The van der Waals surface area contributed by atoms with Crippen LogP contribution in [-0.4, -0.2) is 0 Å². The lowest BCUT2D eigenvalue weighted by molar-refractivity contribution is 0.400. The van der Waals surface area contributed by atoms with Gasteiger partial charge in [-0.05, 0) is 70.8 Å². The second-order valence-corrected chi connectivity index (χ2v) is 22.9. The number of benzene rings is 1. The van der Waals surface area contributed by atoms with E-state index in [4.69, 9.17) is 0 Å². The molecule has 0 aliphatic carbocycles. The summed E-state index contributed by atoms with van der Waals surface area (Å²) in [7, 11) is 0. The Morgan fingerprint density at radius 3 is 0.803 bits per heavy atom. The third-order valence-corrected chi connectivity index (χ3v) is 16.9. The van der Waals surface area contributed by atoms with Crippen LogP contribution in [0.4, 0.5) is 8.78 Å². The molecule has 0 amide bonds. The van der Waals surface area contributed by atoms with Gasteiger partial charge in [-0.3, -0.25) is 0 Å². The molecule has 3 aromatic rings. The zero-order chi connectivity index (χ0) is 47.1. The lowest BCUT2D eigenvalue weighted by Gasteiger charge is -2.16. The lowest BCUT2D eigenvalue weighted by Crippen LogP contribution is -2.05. The number of halogens is 2. The van der Waals surface area contributed by atoms with E-state index >= 15 is 8.78 Å². The van der Waals surface area contributed by atoms with Crippen molar-refractivity contribution in [1.29, 1.82) is 0 Å². The van der Waals surface area contributed by atoms with Gasteiger partial charge in [0.2, 0.25) is 0 Å². The molecule has 1 aromatic carbocycles. The summed E-state index contributed by atoms with van der Waals surface area (Å²) in [4.78, 5) is 1.72. The highest BCUT2D eigenvalue weighted by molar-refractivity contribution is 7.14. The van der Waals surface area contributed by atoms with Crippen molar-refractivity contribution in [2.45, 2.75) is 297 Å². The predicted molar refractivity (Wildman–Crippen MR) is 295 cm³/mol. The Kier molecular flexibility index (Phi) is 35.8. The molecule has 0 fully saturated rings. The second-order valence-electron chi connectivity index (χ2n) is 21.0. The largest absolute Gasteiger partial charge is 0.203 e. The molecule has 3 rings (SSSR count). The van der Waals surface area contributed by atoms with Crippen LogP contribution in [-0.2, 0) is 12.8 Å². The molecular weight excluding hydrogens is 847 g/mol. The maximum absolute atomic E-state index is 16.1. The summed E-state index contributed by atoms with van der Waals surface area (Å²) in [6.07, 6.45) is 56.5. The van der Waals surface area contributed by atoms with E-state index in [1.165, 1.54) is 268 Å². The molecule has 0 nitrogen and oxygen atoms in total. The first-order valence-corrected chi connectivity index (χ1v) is 30.9. The molecular formula is C62H104F2S2. The molecule has 66 heavy (non-hydrogen) atoms. The zero-order valence-electron chi connectivity index (χ0n) is 43.9. The molecule has 0 saturated heterocycles. The van der Waals surface area contributed by atoms with Crippen LogP contribution in [0, 0.1) is 23.5 Å². The van der Waals surface area contributed by atoms with Gasteiger partial charge in [-0.25, -0.2) is 8.78 Å². The minimum Gasteiger partial charge on any atom is -0.203 e. The number of thiophene rings is 2. The standard InChI is InChI=1S/C62H104F2S2/c1-5-9-13-17-21-25-27-31-35-39-43-53(41-37-33-29-23-19-15-11-7-3)47-55-49-59(65-51-55)57-45-46-58(62(64)61(57)63)60-50-56(52-66-60)48-54(42-38-34-30-24-20-16-12-8-4)44-40-36-32-28-26-22-18-14-10-6-2/h45-46,49-54H,5-44,47-48H2,1-4H3. The third kappa shape index (κ3) is 27.0. The van der Waals surface area contributed by atoms with Gasteiger partial charge in [0, 0.05) is 20.9 Å². The molecule has 0 bridgehead atoms. The lowest BCUT2D eigenvalue weighted by atomic mass is 9.89. The molecule has 378 valence electrons. The van der Waals surface area contributed by atoms with E-state index in [0.29, 0.717) is 23.0 Å². The van der Waals surface area contributed by atoms with Crippen molar-refractivity contribution in [1.82, 2.24) is 0 Å². The summed E-state index contributed by atoms with van der Waals surface area (Å²) in [5.41, 5.74) is 3.44. The molecule has 0 spiro atoms. The fourth-order valence-corrected chi connectivity index (χ4v) is 12.4. The summed E-state index contributed by atoms with van der Waals surface area (Å²) in [6.45, 7) is 9.18. The van der Waals surface area contributed by atoms with Gasteiger partial charge in [0.05, 0.1) is 0 Å². The zero-order valence-corrected chi connectivity index (χ0v) is 45.5. The smallest absolute Gasteiger partial charge is 0.168 e. The molecule has 2 unspecified atom stereocenters. The number of unbranched alkanes of at least 4 members (excludes halogenated alkanes) is 32. The molecule has 0 N–H and O–H groups in total. The molecule has 0 aliphatic rings. The van der Waals surface area contributed by atoms with E-state index in [1.54, 1.807) is 22.7 Å². The van der Waals surface area contributed by atoms with E-state index in [2.05, 4.69) is 50.6 Å². The van der Waals surface area contributed by atoms with Crippen LogP contribution in [0.2, 0.25) is 0 Å². The fourth-order valence-electron chi connectivity index (χ4n) is 10.5. The van der Waals surface area contributed by atoms with Gasteiger partial charge in [-0.1, -0.05) is 285 Å². The molecule has 0 radical (unpaired) electrons. The first-order valence-electron chi connectivity index (χ1n) is 29.1. The number of hydrogen-bond acceptors (Lipinski definition) is 2. The molecule has 0 saturated carbocycles. The average Bonchev–Trinajstić information content (AvgIpc) is 3.99. The van der Waals surface area contributed by atoms with Crippen LogP contribution in [0.5, 0.6) is 0 Å². The van der Waals surface area contributed by atoms with E-state index in [1.807, 2.05) is 12.1 Å². The van der Waals surface area contributed by atoms with Crippen LogP contribution in [0.15, 0.2) is 35.0 Å². The highest BCUT2D eigenvalue weighted by Gasteiger charge is 2.20. The highest BCUT2D eigenvalue weighted by Crippen LogP contribution is 2.38. The van der Waals surface area contributed by atoms with Crippen LogP contribution in [0.3, 0.4) is 0 Å². The van der Waals surface area contributed by atoms with E-state index in [9.17, 15) is 0 Å². The Labute approximate surface area is 417 Å². The quantitative estimate of drug-likeness (QED) is 0.0495. The van der Waals surface area contributed by atoms with Gasteiger partial charge >= 0.3 is 0 Å². The van der Waals surface area contributed by atoms with Crippen molar-refractivity contribution in [3.05, 3.63) is 57.8 Å². The van der Waals surface area contributed by atoms with E-state index in [0.717, 1.165) is 22.6 Å². The third-order valence-electron chi connectivity index (χ3n) is 14.8. The highest BCUT2D eigenvalue weighted by atomic mass is 32.1. The van der Waals surface area contributed by atoms with Crippen LogP contribution in [0.1, 0.15) is 296 Å². The monoisotopic (exact) mass is 951 g/mol. The first kappa shape index (κ1) is 58.8. The molecule has 2 atom stereocenters. The van der Waals surface area contributed by atoms with Crippen molar-refractivity contribution < 1.29 is 8.78 Å². The summed E-state index contributed by atoms with van der Waals surface area (Å²) in [5, 5.41) is 4.45.